The van der Waals surface area contributed by atoms with E-state index in [4.69, 9.17) is 0 Å². The van der Waals surface area contributed by atoms with Crippen molar-refractivity contribution in [3.8, 4) is 0 Å². The SMILES string of the molecule is O=C(NC1CCCC(C(F)(F)F)C1)C1=CN2CCS(=O)(=O)N=C2C=C1. The van der Waals surface area contributed by atoms with Gasteiger partial charge in [0.05, 0.1) is 17.2 Å². The van der Waals surface area contributed by atoms with Crippen LogP contribution in [0.4, 0.5) is 13.2 Å². The first kappa shape index (κ1) is 18.0. The van der Waals surface area contributed by atoms with Crippen molar-refractivity contribution >= 4 is 21.8 Å². The molecule has 2 aliphatic heterocycles. The lowest BCUT2D eigenvalue weighted by Crippen LogP contribution is -2.43. The third-order valence-corrected chi connectivity index (χ3v) is 5.72. The molecule has 1 aliphatic carbocycles. The minimum Gasteiger partial charge on any atom is -0.349 e. The van der Waals surface area contributed by atoms with Crippen LogP contribution in [-0.4, -0.2) is 49.6 Å². The maximum Gasteiger partial charge on any atom is 0.391 e. The zero-order chi connectivity index (χ0) is 18.2. The highest BCUT2D eigenvalue weighted by Crippen LogP contribution is 2.37. The molecule has 2 unspecified atom stereocenters. The van der Waals surface area contributed by atoms with Crippen molar-refractivity contribution in [3.05, 3.63) is 23.9 Å². The third kappa shape index (κ3) is 4.23. The predicted molar refractivity (Wildman–Crippen MR) is 85.1 cm³/mol. The van der Waals surface area contributed by atoms with Gasteiger partial charge in [0.2, 0.25) is 0 Å². The largest absolute Gasteiger partial charge is 0.391 e. The highest BCUT2D eigenvalue weighted by atomic mass is 32.2. The Balaban J connectivity index is 1.65. The van der Waals surface area contributed by atoms with Crippen LogP contribution < -0.4 is 5.32 Å². The Morgan fingerprint density at radius 1 is 1.28 bits per heavy atom. The first-order valence-electron chi connectivity index (χ1n) is 8.01. The number of amides is 1. The molecule has 25 heavy (non-hydrogen) atoms. The van der Waals surface area contributed by atoms with Crippen LogP contribution in [0.1, 0.15) is 25.7 Å². The quantitative estimate of drug-likeness (QED) is 0.795. The summed E-state index contributed by atoms with van der Waals surface area (Å²) in [4.78, 5) is 13.9. The molecule has 2 atom stereocenters. The number of hydrogen-bond donors (Lipinski definition) is 1. The van der Waals surface area contributed by atoms with Gasteiger partial charge >= 0.3 is 6.18 Å². The summed E-state index contributed by atoms with van der Waals surface area (Å²) < 4.78 is 65.1. The number of hydrogen-bond acceptors (Lipinski definition) is 4. The monoisotopic (exact) mass is 377 g/mol. The van der Waals surface area contributed by atoms with E-state index in [0.717, 1.165) is 0 Å². The Kier molecular flexibility index (Phi) is 4.65. The molecule has 10 heteroatoms. The van der Waals surface area contributed by atoms with Gasteiger partial charge in [0.1, 0.15) is 5.84 Å². The maximum absolute atomic E-state index is 12.9. The normalized spacial score (nSPS) is 28.7. The first-order valence-corrected chi connectivity index (χ1v) is 9.62. The summed E-state index contributed by atoms with van der Waals surface area (Å²) in [5, 5.41) is 2.66. The Morgan fingerprint density at radius 2 is 2.04 bits per heavy atom. The smallest absolute Gasteiger partial charge is 0.349 e. The van der Waals surface area contributed by atoms with Gasteiger partial charge in [-0.15, -0.1) is 4.40 Å². The van der Waals surface area contributed by atoms with E-state index in [-0.39, 0.29) is 36.5 Å². The predicted octanol–water partition coefficient (Wildman–Crippen LogP) is 1.72. The van der Waals surface area contributed by atoms with E-state index >= 15 is 0 Å². The first-order chi connectivity index (χ1) is 11.6. The van der Waals surface area contributed by atoms with Crippen LogP contribution in [0.2, 0.25) is 0 Å². The van der Waals surface area contributed by atoms with E-state index in [2.05, 4.69) is 9.71 Å². The second-order valence-electron chi connectivity index (χ2n) is 6.42. The Labute approximate surface area is 143 Å². The number of carbonyl (C=O) groups excluding carboxylic acids is 1. The molecule has 0 saturated heterocycles. The lowest BCUT2D eigenvalue weighted by Gasteiger charge is -2.31. The van der Waals surface area contributed by atoms with Gasteiger partial charge in [-0.3, -0.25) is 4.79 Å². The Morgan fingerprint density at radius 3 is 2.76 bits per heavy atom. The van der Waals surface area contributed by atoms with Gasteiger partial charge in [0, 0.05) is 18.8 Å². The number of nitrogens with zero attached hydrogens (tertiary/aromatic N) is 2. The van der Waals surface area contributed by atoms with Gasteiger partial charge in [-0.2, -0.15) is 13.2 Å². The molecule has 3 rings (SSSR count). The summed E-state index contributed by atoms with van der Waals surface area (Å²) in [5.74, 6) is -1.76. The molecule has 1 N–H and O–H groups in total. The van der Waals surface area contributed by atoms with Gasteiger partial charge in [0.15, 0.2) is 0 Å². The number of nitrogens with one attached hydrogen (secondary N) is 1. The van der Waals surface area contributed by atoms with Crippen LogP contribution in [0.3, 0.4) is 0 Å². The molecule has 1 saturated carbocycles. The van der Waals surface area contributed by atoms with Crippen LogP contribution in [0.15, 0.2) is 28.3 Å². The molecular formula is C15H18F3N3O3S. The van der Waals surface area contributed by atoms with Crippen LogP contribution in [-0.2, 0) is 14.8 Å². The number of sulfonamides is 1. The number of amidine groups is 1. The fourth-order valence-electron chi connectivity index (χ4n) is 3.22. The van der Waals surface area contributed by atoms with Crippen molar-refractivity contribution in [1.29, 1.82) is 0 Å². The van der Waals surface area contributed by atoms with Crippen LogP contribution in [0.25, 0.3) is 0 Å². The summed E-state index contributed by atoms with van der Waals surface area (Å²) in [6, 6.07) is -0.515. The van der Waals surface area contributed by atoms with E-state index in [9.17, 15) is 26.4 Å². The van der Waals surface area contributed by atoms with Gasteiger partial charge < -0.3 is 10.2 Å². The number of rotatable bonds is 2. The Hall–Kier alpha value is -1.84. The van der Waals surface area contributed by atoms with E-state index in [0.29, 0.717) is 12.8 Å². The van der Waals surface area contributed by atoms with Crippen molar-refractivity contribution in [2.24, 2.45) is 10.3 Å². The van der Waals surface area contributed by atoms with Crippen molar-refractivity contribution < 1.29 is 26.4 Å². The molecule has 1 fully saturated rings. The van der Waals surface area contributed by atoms with Crippen molar-refractivity contribution in [1.82, 2.24) is 10.2 Å². The van der Waals surface area contributed by atoms with E-state index in [1.807, 2.05) is 0 Å². The molecule has 0 aromatic rings. The lowest BCUT2D eigenvalue weighted by molar-refractivity contribution is -0.184. The van der Waals surface area contributed by atoms with Gasteiger partial charge in [0.25, 0.3) is 15.9 Å². The zero-order valence-corrected chi connectivity index (χ0v) is 14.1. The second-order valence-corrected chi connectivity index (χ2v) is 8.18. The third-order valence-electron chi connectivity index (χ3n) is 4.56. The molecule has 0 radical (unpaired) electrons. The van der Waals surface area contributed by atoms with Gasteiger partial charge in [-0.1, -0.05) is 6.42 Å². The summed E-state index contributed by atoms with van der Waals surface area (Å²) in [7, 11) is -3.48. The summed E-state index contributed by atoms with van der Waals surface area (Å²) in [6.45, 7) is 0.182. The minimum absolute atomic E-state index is 0.0978. The maximum atomic E-state index is 12.9. The molecule has 6 nitrogen and oxygen atoms in total. The molecule has 0 aromatic carbocycles. The second kappa shape index (κ2) is 6.47. The zero-order valence-electron chi connectivity index (χ0n) is 13.3. The van der Waals surface area contributed by atoms with Gasteiger partial charge in [-0.25, -0.2) is 8.42 Å². The average Bonchev–Trinajstić information content (AvgIpc) is 2.53. The van der Waals surface area contributed by atoms with Crippen molar-refractivity contribution in [2.45, 2.75) is 37.9 Å². The van der Waals surface area contributed by atoms with Gasteiger partial charge in [-0.05, 0) is 31.4 Å². The van der Waals surface area contributed by atoms with Crippen molar-refractivity contribution in [2.75, 3.05) is 12.3 Å². The standard InChI is InChI=1S/C15H18F3N3O3S/c16-15(17,18)11-2-1-3-12(8-11)19-14(22)10-4-5-13-20-25(23,24)7-6-21(13)9-10/h4-5,9,11-12H,1-3,6-8H2,(H,19,22). The average molecular weight is 377 g/mol. The molecule has 0 bridgehead atoms. The summed E-state index contributed by atoms with van der Waals surface area (Å²) >= 11 is 0. The number of halogens is 3. The van der Waals surface area contributed by atoms with Crippen LogP contribution in [0.5, 0.6) is 0 Å². The number of carbonyl (C=O) groups is 1. The molecule has 1 amide bonds. The molecule has 0 aromatic heterocycles. The highest BCUT2D eigenvalue weighted by molar-refractivity contribution is 7.90. The van der Waals surface area contributed by atoms with E-state index in [1.54, 1.807) is 4.90 Å². The van der Waals surface area contributed by atoms with Crippen LogP contribution in [0, 0.1) is 5.92 Å². The summed E-state index contributed by atoms with van der Waals surface area (Å²) in [6.07, 6.45) is 1.02. The van der Waals surface area contributed by atoms with E-state index < -0.39 is 34.1 Å². The molecule has 3 aliphatic rings. The number of alkyl halides is 3. The Bertz CT molecular complexity index is 756. The number of fused-ring (bicyclic) bond motifs is 1. The summed E-state index contributed by atoms with van der Waals surface area (Å²) in [5.41, 5.74) is 0.271. The van der Waals surface area contributed by atoms with E-state index in [1.165, 1.54) is 18.4 Å². The highest BCUT2D eigenvalue weighted by Gasteiger charge is 2.42. The topological polar surface area (TPSA) is 78.8 Å². The lowest BCUT2D eigenvalue weighted by atomic mass is 9.85. The molecule has 138 valence electrons. The fraction of sp³-hybridized carbons (Fsp3) is 0.600. The fourth-order valence-corrected chi connectivity index (χ4v) is 4.19. The minimum atomic E-state index is -4.24. The van der Waals surface area contributed by atoms with Crippen LogP contribution >= 0.6 is 0 Å². The van der Waals surface area contributed by atoms with Crippen molar-refractivity contribution in [3.63, 3.8) is 0 Å². The molecule has 2 heterocycles. The molecule has 0 spiro atoms. The molecular weight excluding hydrogens is 359 g/mol.